The molecule has 0 saturated heterocycles. The standard InChI is InChI=1S/C22H30O9S2.C15H23N3O6S.C14H22N4O4.C6H7NO.N3.Na/c1-19-3-7-21(8-4-19)32(23,24)30-17-15-28-13-11-27-12-14-29-16-18-31-33(25,26)22-9-5-20(2)6-10-22;1-14-2-4-15(5-3-14)25(19,20)24-13-12-23-11-10-22-9-8-21-7-6-17-18-16;1-13-14(3-2-4-16-13)22-12-11-21-10-9-20-8-7-19-6-5-17-18-15;1-5-6(8)3-2-4-7-5;1-3-2;/h3-10H,11-18H2,1-2H3;2-5H,6-13H2,1H3;2-4H,5-12H2,1H3;2-4,8H,1H3;;/q;;;;-1;+1. The van der Waals surface area contributed by atoms with Gasteiger partial charge in [0, 0.05) is 35.3 Å². The summed E-state index contributed by atoms with van der Waals surface area (Å²) >= 11 is 0. The quantitative estimate of drug-likeness (QED) is 0.0123. The van der Waals surface area contributed by atoms with E-state index >= 15 is 0 Å². The Morgan fingerprint density at radius 3 is 0.902 bits per heavy atom. The van der Waals surface area contributed by atoms with Crippen molar-refractivity contribution in [2.24, 2.45) is 10.2 Å². The van der Waals surface area contributed by atoms with Crippen molar-refractivity contribution in [2.75, 3.05) is 158 Å². The van der Waals surface area contributed by atoms with Gasteiger partial charge in [-0.2, -0.15) is 25.3 Å². The first kappa shape index (κ1) is 85.9. The van der Waals surface area contributed by atoms with Crippen LogP contribution in [-0.2, 0) is 85.5 Å². The molecule has 0 amide bonds. The van der Waals surface area contributed by atoms with Gasteiger partial charge in [-0.15, -0.1) is 0 Å². The van der Waals surface area contributed by atoms with E-state index < -0.39 is 30.4 Å². The Hall–Kier alpha value is -6.14. The van der Waals surface area contributed by atoms with Crippen molar-refractivity contribution >= 4 is 30.4 Å². The van der Waals surface area contributed by atoms with Gasteiger partial charge < -0.3 is 63.5 Å². The number of benzene rings is 3. The van der Waals surface area contributed by atoms with Crippen LogP contribution in [0.4, 0.5) is 0 Å². The molecule has 5 rings (SSSR count). The van der Waals surface area contributed by atoms with Gasteiger partial charge in [-0.25, -0.2) is 0 Å². The third-order valence-electron chi connectivity index (χ3n) is 10.8. The molecule has 0 aliphatic carbocycles. The minimum Gasteiger partial charge on any atom is -0.506 e. The molecule has 0 aliphatic rings. The molecule has 3 aromatic carbocycles. The average Bonchev–Trinajstić information content (AvgIpc) is 1.19. The molecule has 35 heteroatoms. The van der Waals surface area contributed by atoms with E-state index in [2.05, 4.69) is 30.0 Å². The number of ether oxygens (including phenoxy) is 10. The number of hydrogen-bond donors (Lipinski definition) is 1. The predicted molar refractivity (Wildman–Crippen MR) is 334 cm³/mol. The molecule has 0 bridgehead atoms. The maximum atomic E-state index is 12.0. The van der Waals surface area contributed by atoms with Crippen molar-refractivity contribution in [3.05, 3.63) is 174 Å². The molecule has 92 heavy (non-hydrogen) atoms. The molecule has 0 aliphatic heterocycles. The number of aryl methyl sites for hydroxylation is 5. The average molecular weight is 1360 g/mol. The summed E-state index contributed by atoms with van der Waals surface area (Å²) < 4.78 is 140. The van der Waals surface area contributed by atoms with Crippen molar-refractivity contribution in [1.29, 1.82) is 0 Å². The molecule has 0 spiro atoms. The summed E-state index contributed by atoms with van der Waals surface area (Å²) in [5, 5.41) is 15.5. The zero-order valence-corrected chi connectivity index (χ0v) is 57.2. The van der Waals surface area contributed by atoms with Gasteiger partial charge in [0.15, 0.2) is 0 Å². The fourth-order valence-corrected chi connectivity index (χ4v) is 8.84. The van der Waals surface area contributed by atoms with E-state index in [0.29, 0.717) is 111 Å². The third kappa shape index (κ3) is 45.2. The van der Waals surface area contributed by atoms with Crippen LogP contribution in [-0.4, -0.2) is 199 Å². The Kier molecular flexibility index (Phi) is 51.6. The van der Waals surface area contributed by atoms with Gasteiger partial charge in [-0.1, -0.05) is 63.3 Å². The maximum Gasteiger partial charge on any atom is 1.00 e. The van der Waals surface area contributed by atoms with Crippen LogP contribution in [0.2, 0.25) is 0 Å². The van der Waals surface area contributed by atoms with Gasteiger partial charge >= 0.3 is 29.6 Å². The van der Waals surface area contributed by atoms with E-state index in [4.69, 9.17) is 87.1 Å². The van der Waals surface area contributed by atoms with E-state index in [9.17, 15) is 25.3 Å². The van der Waals surface area contributed by atoms with Crippen molar-refractivity contribution in [3.63, 3.8) is 0 Å². The molecular formula is C57H82N11NaO20S3. The van der Waals surface area contributed by atoms with Crippen molar-refractivity contribution < 1.29 is 120 Å². The van der Waals surface area contributed by atoms with Crippen molar-refractivity contribution in [3.8, 4) is 11.5 Å². The van der Waals surface area contributed by atoms with Crippen molar-refractivity contribution in [1.82, 2.24) is 9.97 Å². The van der Waals surface area contributed by atoms with E-state index in [0.717, 1.165) is 28.1 Å². The van der Waals surface area contributed by atoms with Gasteiger partial charge in [0.1, 0.15) is 18.1 Å². The van der Waals surface area contributed by atoms with Gasteiger partial charge in [0.05, 0.1) is 165 Å². The first-order chi connectivity index (χ1) is 43.8. The second-order valence-corrected chi connectivity index (χ2v) is 22.7. The monoisotopic (exact) mass is 1360 g/mol. The number of aromatic nitrogens is 2. The minimum absolute atomic E-state index is 0. The number of pyridine rings is 2. The van der Waals surface area contributed by atoms with Crippen LogP contribution >= 0.6 is 0 Å². The molecule has 504 valence electrons. The Bertz CT molecular complexity index is 3080. The van der Waals surface area contributed by atoms with E-state index in [-0.39, 0.29) is 103 Å². The molecule has 31 nitrogen and oxygen atoms in total. The number of nitrogens with zero attached hydrogens (tertiary/aromatic N) is 11. The van der Waals surface area contributed by atoms with Crippen LogP contribution in [0.25, 0.3) is 36.9 Å². The largest absolute Gasteiger partial charge is 1.00 e. The summed E-state index contributed by atoms with van der Waals surface area (Å²) in [6, 6.07) is 26.3. The van der Waals surface area contributed by atoms with Crippen LogP contribution < -0.4 is 34.3 Å². The zero-order chi connectivity index (χ0) is 67.1. The smallest absolute Gasteiger partial charge is 0.506 e. The SMILES string of the molecule is Cc1ccc(S(=O)(=O)OCCOCCOCCOCCN=[N+]=[N-])cc1.Cc1ccc(S(=O)(=O)OCCOCCOCCOCCOS(=O)(=O)c2ccc(C)cc2)cc1.Cc1ncccc1O.Cc1ncccc1OCCOCCOCCOCCN=[N+]=[N-].[N-]=[N+]=[N-].[Na+]. The van der Waals surface area contributed by atoms with Gasteiger partial charge in [0.25, 0.3) is 30.4 Å². The fourth-order valence-electron chi connectivity index (χ4n) is 6.16. The van der Waals surface area contributed by atoms with Gasteiger partial charge in [-0.3, -0.25) is 27.4 Å². The molecule has 5 aromatic rings. The molecule has 0 unspecified atom stereocenters. The van der Waals surface area contributed by atoms with E-state index in [1.807, 2.05) is 39.8 Å². The number of rotatable bonds is 43. The fraction of sp³-hybridized carbons (Fsp3) is 0.509. The van der Waals surface area contributed by atoms with Crippen LogP contribution in [0.5, 0.6) is 11.5 Å². The summed E-state index contributed by atoms with van der Waals surface area (Å²) in [5.41, 5.74) is 34.1. The molecule has 0 atom stereocenters. The topological polar surface area (TPSA) is 425 Å². The maximum absolute atomic E-state index is 12.0. The van der Waals surface area contributed by atoms with E-state index in [1.54, 1.807) is 67.8 Å². The van der Waals surface area contributed by atoms with Crippen LogP contribution in [0, 0.1) is 34.6 Å². The predicted octanol–water partition coefficient (Wildman–Crippen LogP) is 5.62. The van der Waals surface area contributed by atoms with E-state index in [1.165, 1.54) is 41.3 Å². The summed E-state index contributed by atoms with van der Waals surface area (Å²) in [7, 11) is -11.3. The first-order valence-corrected chi connectivity index (χ1v) is 32.3. The molecule has 1 N–H and O–H groups in total. The number of azide groups is 2. The zero-order valence-electron chi connectivity index (χ0n) is 52.7. The third-order valence-corrected chi connectivity index (χ3v) is 14.8. The molecule has 0 saturated carbocycles. The molecular weight excluding hydrogens is 1280 g/mol. The van der Waals surface area contributed by atoms with Crippen LogP contribution in [0.15, 0.2) is 134 Å². The van der Waals surface area contributed by atoms with Gasteiger partial charge in [-0.05, 0) is 106 Å². The van der Waals surface area contributed by atoms with Crippen molar-refractivity contribution in [2.45, 2.75) is 49.3 Å². The Labute approximate surface area is 560 Å². The molecule has 2 aromatic heterocycles. The van der Waals surface area contributed by atoms with Crippen LogP contribution in [0.3, 0.4) is 0 Å². The minimum atomic E-state index is -3.79. The Morgan fingerprint density at radius 1 is 0.380 bits per heavy atom. The summed E-state index contributed by atoms with van der Waals surface area (Å²) in [5.74, 6) is 1.03. The number of aromatic hydroxyl groups is 1. The van der Waals surface area contributed by atoms with Gasteiger partial charge in [0.2, 0.25) is 0 Å². The molecule has 0 radical (unpaired) electrons. The molecule has 2 heterocycles. The Morgan fingerprint density at radius 2 is 0.641 bits per heavy atom. The Balaban J connectivity index is 0.00000126. The summed E-state index contributed by atoms with van der Waals surface area (Å²) in [6.45, 7) is 16.4. The second kappa shape index (κ2) is 55.3. The number of hydrogen-bond acceptors (Lipinski definition) is 24. The summed E-state index contributed by atoms with van der Waals surface area (Å²) in [4.78, 5) is 15.0. The molecule has 0 fully saturated rings. The summed E-state index contributed by atoms with van der Waals surface area (Å²) in [6.07, 6.45) is 3.38. The normalized spacial score (nSPS) is 10.8. The second-order valence-electron chi connectivity index (χ2n) is 17.8. The van der Waals surface area contributed by atoms with Crippen LogP contribution in [0.1, 0.15) is 28.1 Å². The first-order valence-electron chi connectivity index (χ1n) is 28.1.